The zero-order valence-electron chi connectivity index (χ0n) is 13.2. The fourth-order valence-electron chi connectivity index (χ4n) is 2.39. The predicted molar refractivity (Wildman–Crippen MR) is 86.9 cm³/mol. The van der Waals surface area contributed by atoms with Gasteiger partial charge < -0.3 is 20.7 Å². The molecule has 4 N–H and O–H groups in total. The minimum atomic E-state index is -0.409. The van der Waals surface area contributed by atoms with E-state index >= 15 is 0 Å². The number of halogens is 1. The number of ether oxygens (including phenoxy) is 1. The summed E-state index contributed by atoms with van der Waals surface area (Å²) >= 11 is 6.20. The fourth-order valence-corrected chi connectivity index (χ4v) is 2.69. The molecule has 0 aromatic heterocycles. The van der Waals surface area contributed by atoms with Gasteiger partial charge in [-0.05, 0) is 19.9 Å². The first-order valence-electron chi connectivity index (χ1n) is 7.54. The van der Waals surface area contributed by atoms with E-state index in [0.29, 0.717) is 29.4 Å². The molecule has 124 valence electrons. The lowest BCUT2D eigenvalue weighted by atomic mass is 10.1. The Labute approximate surface area is 140 Å². The minimum Gasteiger partial charge on any atom is -0.463 e. The van der Waals surface area contributed by atoms with Crippen LogP contribution in [0, 0.1) is 0 Å². The summed E-state index contributed by atoms with van der Waals surface area (Å²) in [5.74, 6) is -0.409. The largest absolute Gasteiger partial charge is 0.463 e. The summed E-state index contributed by atoms with van der Waals surface area (Å²) in [6.45, 7) is 4.69. The molecule has 0 fully saturated rings. The van der Waals surface area contributed by atoms with E-state index in [1.807, 2.05) is 36.5 Å². The molecular formula is C16H21ClN3O3+. The first-order valence-corrected chi connectivity index (χ1v) is 7.92. The lowest BCUT2D eigenvalue weighted by Gasteiger charge is -2.21. The van der Waals surface area contributed by atoms with Crippen LogP contribution < -0.4 is 16.0 Å². The molecule has 0 saturated carbocycles. The maximum Gasteiger partial charge on any atom is 0.337 e. The summed E-state index contributed by atoms with van der Waals surface area (Å²) in [6, 6.07) is 7.40. The van der Waals surface area contributed by atoms with Crippen LogP contribution in [-0.4, -0.2) is 31.7 Å². The Bertz CT molecular complexity index is 631. The molecule has 2 amide bonds. The molecule has 0 bridgehead atoms. The minimum absolute atomic E-state index is 0.0893. The second kappa shape index (κ2) is 7.99. The first-order chi connectivity index (χ1) is 11.0. The van der Waals surface area contributed by atoms with E-state index in [1.165, 1.54) is 0 Å². The van der Waals surface area contributed by atoms with Crippen molar-refractivity contribution in [3.05, 3.63) is 46.1 Å². The summed E-state index contributed by atoms with van der Waals surface area (Å²) in [5.41, 5.74) is 2.04. The van der Waals surface area contributed by atoms with E-state index in [2.05, 4.69) is 10.6 Å². The lowest BCUT2D eigenvalue weighted by molar-refractivity contribution is -0.686. The number of urea groups is 1. The molecule has 1 atom stereocenters. The number of quaternary nitrogens is 1. The van der Waals surface area contributed by atoms with Crippen LogP contribution in [0.25, 0.3) is 0 Å². The molecule has 1 aromatic rings. The molecular weight excluding hydrogens is 318 g/mol. The molecule has 0 aliphatic carbocycles. The molecule has 0 spiro atoms. The van der Waals surface area contributed by atoms with Crippen molar-refractivity contribution in [3.8, 4) is 0 Å². The smallest absolute Gasteiger partial charge is 0.337 e. The second-order valence-corrected chi connectivity index (χ2v) is 5.64. The number of amides is 2. The van der Waals surface area contributed by atoms with Crippen molar-refractivity contribution >= 4 is 23.6 Å². The summed E-state index contributed by atoms with van der Waals surface area (Å²) in [5, 5.41) is 7.99. The van der Waals surface area contributed by atoms with Gasteiger partial charge in [0.15, 0.2) is 0 Å². The zero-order chi connectivity index (χ0) is 16.8. The first kappa shape index (κ1) is 17.3. The van der Waals surface area contributed by atoms with Crippen LogP contribution in [0.2, 0.25) is 5.02 Å². The maximum absolute atomic E-state index is 12.0. The van der Waals surface area contributed by atoms with Gasteiger partial charge in [-0.1, -0.05) is 29.8 Å². The zero-order valence-corrected chi connectivity index (χ0v) is 13.9. The summed E-state index contributed by atoms with van der Waals surface area (Å²) < 4.78 is 5.03. The van der Waals surface area contributed by atoms with Crippen molar-refractivity contribution in [3.63, 3.8) is 0 Å². The predicted octanol–water partition coefficient (Wildman–Crippen LogP) is 1.09. The van der Waals surface area contributed by atoms with Gasteiger partial charge in [-0.3, -0.25) is 0 Å². The average Bonchev–Trinajstić information content (AvgIpc) is 2.53. The van der Waals surface area contributed by atoms with Crippen molar-refractivity contribution in [2.75, 3.05) is 19.7 Å². The number of carbonyl (C=O) groups excluding carboxylic acids is 2. The Hall–Kier alpha value is -2.05. The number of hydrogen-bond donors (Lipinski definition) is 3. The molecule has 23 heavy (non-hydrogen) atoms. The van der Waals surface area contributed by atoms with E-state index in [9.17, 15) is 9.59 Å². The van der Waals surface area contributed by atoms with Crippen LogP contribution in [0.15, 0.2) is 35.5 Å². The van der Waals surface area contributed by atoms with Crippen LogP contribution >= 0.6 is 11.6 Å². The molecule has 0 unspecified atom stereocenters. The van der Waals surface area contributed by atoms with E-state index in [1.54, 1.807) is 6.92 Å². The van der Waals surface area contributed by atoms with Gasteiger partial charge in [0, 0.05) is 10.6 Å². The third-order valence-electron chi connectivity index (χ3n) is 3.65. The normalized spacial score (nSPS) is 15.7. The number of carbonyl (C=O) groups is 2. The summed E-state index contributed by atoms with van der Waals surface area (Å²) in [6.07, 6.45) is 0. The van der Waals surface area contributed by atoms with Crippen molar-refractivity contribution < 1.29 is 19.6 Å². The van der Waals surface area contributed by atoms with Gasteiger partial charge in [0.2, 0.25) is 0 Å². The van der Waals surface area contributed by atoms with Crippen LogP contribution in [-0.2, 0) is 9.53 Å². The maximum atomic E-state index is 12.0. The van der Waals surface area contributed by atoms with Crippen LogP contribution in [0.1, 0.15) is 25.5 Å². The van der Waals surface area contributed by atoms with Crippen LogP contribution in [0.4, 0.5) is 4.79 Å². The lowest BCUT2D eigenvalue weighted by Crippen LogP contribution is -2.86. The Morgan fingerprint density at radius 2 is 2.17 bits per heavy atom. The van der Waals surface area contributed by atoms with Gasteiger partial charge in [0.25, 0.3) is 0 Å². The number of benzene rings is 1. The Balaban J connectivity index is 2.10. The van der Waals surface area contributed by atoms with Gasteiger partial charge in [0.05, 0.1) is 24.4 Å². The number of nitrogens with one attached hydrogen (secondary N) is 2. The topological polar surface area (TPSA) is 84.0 Å². The van der Waals surface area contributed by atoms with Gasteiger partial charge in [0.1, 0.15) is 12.6 Å². The SMILES string of the molecule is CCOC(=O)C1=C(C[NH2+][C@H](C)c2ccccc2Cl)NC(=O)NC1. The molecule has 1 aliphatic rings. The van der Waals surface area contributed by atoms with Gasteiger partial charge in [-0.25, -0.2) is 9.59 Å². The molecule has 2 rings (SSSR count). The highest BCUT2D eigenvalue weighted by atomic mass is 35.5. The molecule has 1 heterocycles. The third kappa shape index (κ3) is 4.46. The van der Waals surface area contributed by atoms with Crippen molar-refractivity contribution in [1.29, 1.82) is 0 Å². The molecule has 1 aliphatic heterocycles. The molecule has 0 radical (unpaired) electrons. The summed E-state index contributed by atoms with van der Waals surface area (Å²) in [7, 11) is 0. The van der Waals surface area contributed by atoms with Crippen molar-refractivity contribution in [2.24, 2.45) is 0 Å². The van der Waals surface area contributed by atoms with Gasteiger partial charge in [-0.15, -0.1) is 0 Å². The quantitative estimate of drug-likeness (QED) is 0.679. The van der Waals surface area contributed by atoms with Crippen molar-refractivity contribution in [2.45, 2.75) is 19.9 Å². The Morgan fingerprint density at radius 3 is 2.87 bits per heavy atom. The standard InChI is InChI=1S/C16H20ClN3O3/c1-3-23-15(21)12-8-19-16(22)20-14(12)9-18-10(2)11-6-4-5-7-13(11)17/h4-7,10,18H,3,8-9H2,1-2H3,(H2,19,20,22)/p+1/t10-/m1/s1. The van der Waals surface area contributed by atoms with Crippen LogP contribution in [0.5, 0.6) is 0 Å². The third-order valence-corrected chi connectivity index (χ3v) is 3.99. The van der Waals surface area contributed by atoms with E-state index in [-0.39, 0.29) is 18.6 Å². The number of esters is 1. The summed E-state index contributed by atoms with van der Waals surface area (Å²) in [4.78, 5) is 23.5. The average molecular weight is 339 g/mol. The second-order valence-electron chi connectivity index (χ2n) is 5.24. The van der Waals surface area contributed by atoms with Gasteiger partial charge in [-0.2, -0.15) is 0 Å². The number of rotatable bonds is 6. The fraction of sp³-hybridized carbons (Fsp3) is 0.375. The number of hydrogen-bond acceptors (Lipinski definition) is 3. The molecule has 6 nitrogen and oxygen atoms in total. The Kier molecular flexibility index (Phi) is 6.01. The molecule has 7 heteroatoms. The van der Waals surface area contributed by atoms with E-state index in [0.717, 1.165) is 5.56 Å². The monoisotopic (exact) mass is 338 g/mol. The van der Waals surface area contributed by atoms with Crippen LogP contribution in [0.3, 0.4) is 0 Å². The highest BCUT2D eigenvalue weighted by molar-refractivity contribution is 6.31. The highest BCUT2D eigenvalue weighted by Gasteiger charge is 2.25. The van der Waals surface area contributed by atoms with E-state index < -0.39 is 5.97 Å². The molecule has 0 saturated heterocycles. The highest BCUT2D eigenvalue weighted by Crippen LogP contribution is 2.19. The number of nitrogens with two attached hydrogens (primary N) is 1. The Morgan fingerprint density at radius 1 is 1.43 bits per heavy atom. The van der Waals surface area contributed by atoms with Gasteiger partial charge >= 0.3 is 12.0 Å². The van der Waals surface area contributed by atoms with Crippen molar-refractivity contribution in [1.82, 2.24) is 10.6 Å². The van der Waals surface area contributed by atoms with E-state index in [4.69, 9.17) is 16.3 Å². The molecule has 1 aromatic carbocycles.